The van der Waals surface area contributed by atoms with Crippen molar-refractivity contribution >= 4 is 17.4 Å². The number of nitrogens with zero attached hydrogens (tertiary/aromatic N) is 5. The average molecular weight is 462 g/mol. The van der Waals surface area contributed by atoms with Crippen molar-refractivity contribution in [1.82, 2.24) is 15.3 Å². The van der Waals surface area contributed by atoms with Gasteiger partial charge in [0.05, 0.1) is 5.70 Å². The minimum atomic E-state index is -1.30. The fraction of sp³-hybridized carbons (Fsp3) is 0.292. The molecule has 0 bridgehead atoms. The molecule has 1 fully saturated rings. The molecule has 1 aliphatic carbocycles. The first-order valence-electron chi connectivity index (χ1n) is 11.0. The number of ether oxygens (including phenoxy) is 1. The molecule has 3 atom stereocenters. The van der Waals surface area contributed by atoms with Gasteiger partial charge < -0.3 is 20.3 Å². The summed E-state index contributed by atoms with van der Waals surface area (Å²) in [7, 11) is 1.97. The quantitative estimate of drug-likeness (QED) is 0.609. The van der Waals surface area contributed by atoms with Gasteiger partial charge in [0.2, 0.25) is 0 Å². The van der Waals surface area contributed by atoms with Gasteiger partial charge in [-0.2, -0.15) is 10.2 Å². The topological polar surface area (TPSA) is 107 Å². The van der Waals surface area contributed by atoms with E-state index >= 15 is 4.39 Å². The van der Waals surface area contributed by atoms with Crippen LogP contribution in [0.3, 0.4) is 0 Å². The second-order valence-electron chi connectivity index (χ2n) is 8.23. The van der Waals surface area contributed by atoms with E-state index in [9.17, 15) is 4.79 Å². The first-order chi connectivity index (χ1) is 16.5. The van der Waals surface area contributed by atoms with E-state index in [1.165, 1.54) is 12.4 Å². The molecule has 0 radical (unpaired) electrons. The van der Waals surface area contributed by atoms with E-state index in [-0.39, 0.29) is 5.70 Å². The molecule has 3 aliphatic rings. The van der Waals surface area contributed by atoms with Crippen LogP contribution in [0.2, 0.25) is 0 Å². The number of amides is 1. The van der Waals surface area contributed by atoms with Crippen LogP contribution in [0, 0.1) is 0 Å². The molecule has 1 amide bonds. The molecule has 1 aromatic carbocycles. The predicted molar refractivity (Wildman–Crippen MR) is 125 cm³/mol. The monoisotopic (exact) mass is 461 g/mol. The number of epoxide rings is 1. The first-order valence-corrected chi connectivity index (χ1v) is 11.0. The number of benzene rings is 1. The van der Waals surface area contributed by atoms with Crippen molar-refractivity contribution in [2.45, 2.75) is 30.7 Å². The third-order valence-corrected chi connectivity index (χ3v) is 6.29. The highest BCUT2D eigenvalue weighted by molar-refractivity contribution is 5.96. The Labute approximate surface area is 196 Å². The fourth-order valence-corrected chi connectivity index (χ4v) is 4.31. The summed E-state index contributed by atoms with van der Waals surface area (Å²) in [5, 5.41) is 14.3. The van der Waals surface area contributed by atoms with Crippen LogP contribution in [0.15, 0.2) is 89.0 Å². The summed E-state index contributed by atoms with van der Waals surface area (Å²) in [5.41, 5.74) is -1.06. The Bertz CT molecular complexity index is 1210. The molecule has 0 saturated carbocycles. The minimum Gasteiger partial charge on any atom is -0.375 e. The van der Waals surface area contributed by atoms with Crippen LogP contribution in [-0.4, -0.2) is 46.8 Å². The van der Waals surface area contributed by atoms with Gasteiger partial charge >= 0.3 is 0 Å². The van der Waals surface area contributed by atoms with Crippen LogP contribution in [0.4, 0.5) is 15.9 Å². The summed E-state index contributed by atoms with van der Waals surface area (Å²) in [5.74, 6) is -0.549. The zero-order chi connectivity index (χ0) is 23.8. The van der Waals surface area contributed by atoms with Gasteiger partial charge in [-0.1, -0.05) is 6.08 Å². The van der Waals surface area contributed by atoms with E-state index in [1.807, 2.05) is 32.2 Å². The molecule has 3 heterocycles. The molecule has 10 heteroatoms. The van der Waals surface area contributed by atoms with Gasteiger partial charge in [-0.15, -0.1) is 0 Å². The van der Waals surface area contributed by atoms with Gasteiger partial charge in [-0.05, 0) is 55.8 Å². The maximum absolute atomic E-state index is 15.3. The van der Waals surface area contributed by atoms with E-state index in [0.29, 0.717) is 17.8 Å². The van der Waals surface area contributed by atoms with Crippen LogP contribution < -0.4 is 15.5 Å². The summed E-state index contributed by atoms with van der Waals surface area (Å²) in [6.45, 7) is 2.88. The highest BCUT2D eigenvalue weighted by Crippen LogP contribution is 2.60. The molecule has 9 nitrogen and oxygen atoms in total. The van der Waals surface area contributed by atoms with Crippen molar-refractivity contribution in [3.05, 3.63) is 84.4 Å². The van der Waals surface area contributed by atoms with Crippen LogP contribution >= 0.6 is 0 Å². The average Bonchev–Trinajstić information content (AvgIpc) is 3.56. The molecule has 3 unspecified atom stereocenters. The highest BCUT2D eigenvalue weighted by atomic mass is 19.1. The van der Waals surface area contributed by atoms with E-state index in [4.69, 9.17) is 4.74 Å². The minimum absolute atomic E-state index is 0.00978. The smallest absolute Gasteiger partial charge is 0.255 e. The van der Waals surface area contributed by atoms with Crippen molar-refractivity contribution in [2.24, 2.45) is 10.2 Å². The lowest BCUT2D eigenvalue weighted by Gasteiger charge is -2.29. The highest BCUT2D eigenvalue weighted by Gasteiger charge is 2.77. The van der Waals surface area contributed by atoms with Gasteiger partial charge in [-0.3, -0.25) is 4.79 Å². The van der Waals surface area contributed by atoms with Crippen molar-refractivity contribution in [3.8, 4) is 0 Å². The molecule has 174 valence electrons. The number of allylic oxidation sites excluding steroid dienone is 2. The molecule has 0 spiro atoms. The fourth-order valence-electron chi connectivity index (χ4n) is 4.31. The number of rotatable bonds is 7. The summed E-state index contributed by atoms with van der Waals surface area (Å²) < 4.78 is 21.5. The van der Waals surface area contributed by atoms with Crippen LogP contribution in [0.5, 0.6) is 0 Å². The van der Waals surface area contributed by atoms with Gasteiger partial charge in [0.15, 0.2) is 11.3 Å². The standard InChI is InChI=1S/C24H24FN7O2/c1-3-32(2)17-8-6-16(7-9-17)22(33)29-21-18(25)10-12-23(30-20-11-14-26-15-27-20)24(21,34-23)19-5-4-13-28-31-19/h4,6-15,19H,3,5H2,1-2H3,(H,29,33)(H,26,27,30). The van der Waals surface area contributed by atoms with Gasteiger partial charge in [-0.25, -0.2) is 14.4 Å². The van der Waals surface area contributed by atoms with Crippen LogP contribution in [0.25, 0.3) is 0 Å². The number of halogens is 1. The number of carbonyl (C=O) groups is 1. The number of aromatic nitrogens is 2. The number of nitrogens with one attached hydrogen (secondary N) is 2. The lowest BCUT2D eigenvalue weighted by molar-refractivity contribution is 0.0954. The third kappa shape index (κ3) is 3.56. The molecule has 2 aromatic rings. The lowest BCUT2D eigenvalue weighted by atomic mass is 9.82. The van der Waals surface area contributed by atoms with E-state index in [2.05, 4.69) is 35.7 Å². The number of carbonyl (C=O) groups excluding carboxylic acids is 1. The molecule has 5 rings (SSSR count). The number of hydrogen-bond donors (Lipinski definition) is 2. The lowest BCUT2D eigenvalue weighted by Crippen LogP contribution is -2.48. The SMILES string of the molecule is CCN(C)c1ccc(C(=O)NC2=C(F)C=CC3(Nc4ccncn4)OC23C2CC=CN=N2)cc1. The predicted octanol–water partition coefficient (Wildman–Crippen LogP) is 3.73. The number of azo groups is 1. The summed E-state index contributed by atoms with van der Waals surface area (Å²) in [6.07, 6.45) is 9.74. The Morgan fingerprint density at radius 1 is 1.29 bits per heavy atom. The Hall–Kier alpha value is -3.92. The Morgan fingerprint density at radius 2 is 2.12 bits per heavy atom. The van der Waals surface area contributed by atoms with Gasteiger partial charge in [0, 0.05) is 37.2 Å². The molecule has 1 saturated heterocycles. The Balaban J connectivity index is 1.46. The zero-order valence-electron chi connectivity index (χ0n) is 18.8. The third-order valence-electron chi connectivity index (χ3n) is 6.29. The van der Waals surface area contributed by atoms with Crippen LogP contribution in [0.1, 0.15) is 23.7 Å². The Kier molecular flexibility index (Phi) is 5.45. The second kappa shape index (κ2) is 8.45. The van der Waals surface area contributed by atoms with Crippen molar-refractivity contribution in [1.29, 1.82) is 0 Å². The number of hydrogen-bond acceptors (Lipinski definition) is 8. The summed E-state index contributed by atoms with van der Waals surface area (Å²) in [4.78, 5) is 23.3. The number of fused-ring (bicyclic) bond motifs is 1. The van der Waals surface area contributed by atoms with E-state index in [0.717, 1.165) is 12.2 Å². The summed E-state index contributed by atoms with van der Waals surface area (Å²) in [6, 6.07) is 8.26. The van der Waals surface area contributed by atoms with Gasteiger partial charge in [0.25, 0.3) is 5.91 Å². The molecule has 2 N–H and O–H groups in total. The Morgan fingerprint density at radius 3 is 2.79 bits per heavy atom. The normalized spacial score (nSPS) is 26.7. The second-order valence-corrected chi connectivity index (χ2v) is 8.23. The van der Waals surface area contributed by atoms with Crippen LogP contribution in [-0.2, 0) is 4.74 Å². The molecular formula is C24H24FN7O2. The molecular weight excluding hydrogens is 437 g/mol. The molecule has 1 aromatic heterocycles. The molecule has 2 aliphatic heterocycles. The number of anilines is 2. The van der Waals surface area contributed by atoms with Gasteiger partial charge in [0.1, 0.15) is 24.0 Å². The van der Waals surface area contributed by atoms with E-state index in [1.54, 1.807) is 36.7 Å². The van der Waals surface area contributed by atoms with Crippen molar-refractivity contribution in [3.63, 3.8) is 0 Å². The summed E-state index contributed by atoms with van der Waals surface area (Å²) >= 11 is 0. The maximum atomic E-state index is 15.3. The maximum Gasteiger partial charge on any atom is 0.255 e. The first kappa shape index (κ1) is 21.9. The van der Waals surface area contributed by atoms with E-state index < -0.39 is 29.1 Å². The molecule has 34 heavy (non-hydrogen) atoms. The largest absolute Gasteiger partial charge is 0.375 e. The zero-order valence-corrected chi connectivity index (χ0v) is 18.8. The van der Waals surface area contributed by atoms with Crippen molar-refractivity contribution in [2.75, 3.05) is 23.8 Å². The van der Waals surface area contributed by atoms with Crippen molar-refractivity contribution < 1.29 is 13.9 Å².